The van der Waals surface area contributed by atoms with Crippen LogP contribution in [0.3, 0.4) is 0 Å². The molecule has 0 aromatic carbocycles. The molecule has 0 bridgehead atoms. The van der Waals surface area contributed by atoms with Crippen molar-refractivity contribution in [2.45, 2.75) is 26.7 Å². The normalized spacial score (nSPS) is 12.6. The lowest BCUT2D eigenvalue weighted by atomic mass is 10.0. The number of hydrogen-bond donors (Lipinski definition) is 1. The van der Waals surface area contributed by atoms with Gasteiger partial charge in [-0.25, -0.2) is 0 Å². The van der Waals surface area contributed by atoms with E-state index >= 15 is 0 Å². The molecule has 0 amide bonds. The number of hydrogen-bond acceptors (Lipinski definition) is 1. The maximum Gasteiger partial charge on any atom is 0.310 e. The zero-order valence-electron chi connectivity index (χ0n) is 10.3. The zero-order chi connectivity index (χ0) is 12.6. The highest BCUT2D eigenvalue weighted by molar-refractivity contribution is 5.78. The minimum atomic E-state index is -0.786. The van der Waals surface area contributed by atoms with Crippen LogP contribution in [0.25, 0.3) is 11.1 Å². The third kappa shape index (κ3) is 2.03. The molecule has 0 spiro atoms. The van der Waals surface area contributed by atoms with Crippen LogP contribution in [-0.2, 0) is 4.79 Å². The van der Waals surface area contributed by atoms with E-state index in [1.165, 1.54) is 16.7 Å². The lowest BCUT2D eigenvalue weighted by Crippen LogP contribution is -2.06. The molecule has 2 aliphatic carbocycles. The minimum absolute atomic E-state index is 0.473. The van der Waals surface area contributed by atoms with Gasteiger partial charge in [0.1, 0.15) is 0 Å². The number of fused-ring (bicyclic) bond motifs is 1. The molecule has 0 radical (unpaired) electrons. The molecule has 0 saturated heterocycles. The van der Waals surface area contributed by atoms with Crippen LogP contribution in [-0.4, -0.2) is 11.1 Å². The van der Waals surface area contributed by atoms with E-state index in [0.717, 1.165) is 11.1 Å². The third-order valence-electron chi connectivity index (χ3n) is 3.35. The van der Waals surface area contributed by atoms with Crippen molar-refractivity contribution in [2.75, 3.05) is 0 Å². The summed E-state index contributed by atoms with van der Waals surface area (Å²) in [5.41, 5.74) is 5.57. The highest BCUT2D eigenvalue weighted by Gasteiger charge is 2.16. The number of aliphatic carboxylic acids is 1. The second-order valence-electron chi connectivity index (χ2n) is 4.56. The molecule has 0 heterocycles. The summed E-state index contributed by atoms with van der Waals surface area (Å²) in [5, 5.41) is 9.08. The van der Waals surface area contributed by atoms with Gasteiger partial charge < -0.3 is 5.11 Å². The molecule has 0 unspecified atom stereocenters. The van der Waals surface area contributed by atoms with Gasteiger partial charge in [0.2, 0.25) is 0 Å². The first-order chi connectivity index (χ1) is 8.00. The van der Waals surface area contributed by atoms with Crippen molar-refractivity contribution >= 4 is 5.97 Å². The van der Waals surface area contributed by atoms with E-state index < -0.39 is 11.9 Å². The van der Waals surface area contributed by atoms with Crippen LogP contribution in [0.1, 0.15) is 29.5 Å². The topological polar surface area (TPSA) is 37.3 Å². The second kappa shape index (κ2) is 4.21. The number of carbonyl (C=O) groups is 1. The van der Waals surface area contributed by atoms with Crippen LogP contribution < -0.4 is 0 Å². The van der Waals surface area contributed by atoms with Gasteiger partial charge in [-0.1, -0.05) is 30.3 Å². The van der Waals surface area contributed by atoms with Gasteiger partial charge in [-0.05, 0) is 48.6 Å². The summed E-state index contributed by atoms with van der Waals surface area (Å²) in [7, 11) is 0. The first-order valence-electron chi connectivity index (χ1n) is 5.73. The Balaban J connectivity index is 2.64. The van der Waals surface area contributed by atoms with Crippen molar-refractivity contribution in [1.82, 2.24) is 0 Å². The van der Waals surface area contributed by atoms with Crippen molar-refractivity contribution in [3.63, 3.8) is 0 Å². The fourth-order valence-corrected chi connectivity index (χ4v) is 2.07. The fraction of sp³-hybridized carbons (Fsp3) is 0.267. The molecule has 2 aliphatic rings. The van der Waals surface area contributed by atoms with Crippen LogP contribution in [0.5, 0.6) is 0 Å². The molecule has 88 valence electrons. The molecule has 2 nitrogen and oxygen atoms in total. The predicted molar refractivity (Wildman–Crippen MR) is 68.6 cm³/mol. The molecule has 0 fully saturated rings. The molecule has 0 saturated carbocycles. The Morgan fingerprint density at radius 1 is 1.06 bits per heavy atom. The minimum Gasteiger partial charge on any atom is -0.481 e. The van der Waals surface area contributed by atoms with Crippen molar-refractivity contribution < 1.29 is 9.90 Å². The van der Waals surface area contributed by atoms with Crippen molar-refractivity contribution in [2.24, 2.45) is 0 Å². The SMILES string of the molecule is Cc1ccc([C@@H](C)C(=O)O)cc2c(C)ccc1-2. The van der Waals surface area contributed by atoms with Crippen molar-refractivity contribution in [1.29, 1.82) is 0 Å². The van der Waals surface area contributed by atoms with Crippen LogP contribution in [0.15, 0.2) is 30.3 Å². The van der Waals surface area contributed by atoms with E-state index in [1.807, 2.05) is 18.2 Å². The predicted octanol–water partition coefficient (Wildman–Crippen LogP) is 3.60. The average molecular weight is 228 g/mol. The quantitative estimate of drug-likeness (QED) is 0.852. The third-order valence-corrected chi connectivity index (χ3v) is 3.35. The summed E-state index contributed by atoms with van der Waals surface area (Å²) in [5.74, 6) is -1.26. The van der Waals surface area contributed by atoms with E-state index in [2.05, 4.69) is 26.0 Å². The Hall–Kier alpha value is -1.83. The maximum absolute atomic E-state index is 11.0. The van der Waals surface area contributed by atoms with E-state index in [9.17, 15) is 4.79 Å². The smallest absolute Gasteiger partial charge is 0.310 e. The fourth-order valence-electron chi connectivity index (χ4n) is 2.07. The summed E-state index contributed by atoms with van der Waals surface area (Å²) in [6.45, 7) is 5.82. The van der Waals surface area contributed by atoms with Crippen molar-refractivity contribution in [3.8, 4) is 11.1 Å². The molecule has 1 atom stereocenters. The van der Waals surface area contributed by atoms with E-state index in [0.29, 0.717) is 0 Å². The summed E-state index contributed by atoms with van der Waals surface area (Å²) in [6.07, 6.45) is 0. The average Bonchev–Trinajstić information content (AvgIpc) is 2.55. The highest BCUT2D eigenvalue weighted by atomic mass is 16.4. The molecule has 2 heteroatoms. The van der Waals surface area contributed by atoms with Gasteiger partial charge >= 0.3 is 5.97 Å². The van der Waals surface area contributed by atoms with Crippen LogP contribution in [0, 0.1) is 13.8 Å². The second-order valence-corrected chi connectivity index (χ2v) is 4.56. The molecule has 2 rings (SSSR count). The van der Waals surface area contributed by atoms with E-state index in [-0.39, 0.29) is 0 Å². The Kier molecular flexibility index (Phi) is 2.88. The summed E-state index contributed by atoms with van der Waals surface area (Å²) in [4.78, 5) is 11.0. The molecule has 0 aromatic heterocycles. The summed E-state index contributed by atoms with van der Waals surface area (Å²) >= 11 is 0. The Morgan fingerprint density at radius 2 is 1.65 bits per heavy atom. The first-order valence-corrected chi connectivity index (χ1v) is 5.73. The number of carboxylic acid groups (broad SMARTS) is 1. The van der Waals surface area contributed by atoms with Gasteiger partial charge in [0.25, 0.3) is 0 Å². The van der Waals surface area contributed by atoms with Crippen LogP contribution in [0.4, 0.5) is 0 Å². The van der Waals surface area contributed by atoms with E-state index in [1.54, 1.807) is 6.92 Å². The first kappa shape index (κ1) is 11.6. The largest absolute Gasteiger partial charge is 0.481 e. The maximum atomic E-state index is 11.0. The molecular formula is C15H16O2. The number of aryl methyl sites for hydroxylation is 2. The Labute approximate surface area is 101 Å². The number of rotatable bonds is 2. The highest BCUT2D eigenvalue weighted by Crippen LogP contribution is 2.32. The monoisotopic (exact) mass is 228 g/mol. The van der Waals surface area contributed by atoms with Gasteiger partial charge in [0.15, 0.2) is 0 Å². The number of carboxylic acids is 1. The lowest BCUT2D eigenvalue weighted by molar-refractivity contribution is -0.138. The molecule has 17 heavy (non-hydrogen) atoms. The molecule has 0 aliphatic heterocycles. The zero-order valence-corrected chi connectivity index (χ0v) is 10.3. The van der Waals surface area contributed by atoms with Gasteiger partial charge in [-0.2, -0.15) is 0 Å². The summed E-state index contributed by atoms with van der Waals surface area (Å²) < 4.78 is 0. The lowest BCUT2D eigenvalue weighted by Gasteiger charge is -2.04. The van der Waals surface area contributed by atoms with Gasteiger partial charge in [0.05, 0.1) is 5.92 Å². The Morgan fingerprint density at radius 3 is 2.29 bits per heavy atom. The summed E-state index contributed by atoms with van der Waals surface area (Å²) in [6, 6.07) is 10.1. The molecule has 0 aromatic rings. The van der Waals surface area contributed by atoms with E-state index in [4.69, 9.17) is 5.11 Å². The molecule has 1 N–H and O–H groups in total. The Bertz CT molecular complexity index is 543. The van der Waals surface area contributed by atoms with Gasteiger partial charge in [0, 0.05) is 0 Å². The molecular weight excluding hydrogens is 212 g/mol. The van der Waals surface area contributed by atoms with Gasteiger partial charge in [-0.15, -0.1) is 0 Å². The van der Waals surface area contributed by atoms with Gasteiger partial charge in [-0.3, -0.25) is 4.79 Å². The standard InChI is InChI=1S/C15H16O2/c1-9-4-6-12(11(3)15(16)17)8-14-10(2)5-7-13(9)14/h4-8,11H,1-3H3,(H,16,17)/t11-/m1/s1. The van der Waals surface area contributed by atoms with Crippen LogP contribution >= 0.6 is 0 Å². The van der Waals surface area contributed by atoms with Crippen molar-refractivity contribution in [3.05, 3.63) is 47.0 Å². The van der Waals surface area contributed by atoms with Crippen LogP contribution in [0.2, 0.25) is 0 Å².